The molecule has 0 saturated heterocycles. The van der Waals surface area contributed by atoms with E-state index >= 15 is 0 Å². The number of rotatable bonds is 6. The van der Waals surface area contributed by atoms with Crippen molar-refractivity contribution in [2.24, 2.45) is 5.92 Å². The molecule has 1 aliphatic heterocycles. The molecule has 204 valence electrons. The van der Waals surface area contributed by atoms with Crippen LogP contribution in [0.15, 0.2) is 48.8 Å². The van der Waals surface area contributed by atoms with Gasteiger partial charge in [0.15, 0.2) is 0 Å². The van der Waals surface area contributed by atoms with Gasteiger partial charge in [-0.1, -0.05) is 23.7 Å². The van der Waals surface area contributed by atoms with Crippen LogP contribution in [0.1, 0.15) is 65.0 Å². The lowest BCUT2D eigenvalue weighted by Crippen LogP contribution is -2.45. The third kappa shape index (κ3) is 4.98. The standard InChI is InChI=1S/C28H26ClF3N4O3/c1-15-3-2-4-21-23(15)28(39,22-10-7-18(30)13-33-22)27(38)36(21)14-16-5-8-19(9-6-16)35-26(37)20-11-17(29)12-34-24(20)25(31)32/h2-4,7,10-13,16,19,25,39H,5-6,8-9,14H2,1H3,(H,35,37). The molecule has 39 heavy (non-hydrogen) atoms. The molecule has 0 bridgehead atoms. The molecule has 2 N–H and O–H groups in total. The van der Waals surface area contributed by atoms with Gasteiger partial charge in [0, 0.05) is 24.3 Å². The van der Waals surface area contributed by atoms with E-state index in [1.165, 1.54) is 12.1 Å². The normalized spacial score (nSPS) is 22.7. The Morgan fingerprint density at radius 2 is 1.92 bits per heavy atom. The van der Waals surface area contributed by atoms with Crippen molar-refractivity contribution in [1.29, 1.82) is 0 Å². The Morgan fingerprint density at radius 1 is 1.18 bits per heavy atom. The highest BCUT2D eigenvalue weighted by atomic mass is 35.5. The van der Waals surface area contributed by atoms with E-state index in [4.69, 9.17) is 11.6 Å². The first-order valence-electron chi connectivity index (χ1n) is 12.6. The van der Waals surface area contributed by atoms with Crippen LogP contribution in [0.25, 0.3) is 0 Å². The molecule has 5 rings (SSSR count). The van der Waals surface area contributed by atoms with E-state index in [1.54, 1.807) is 24.0 Å². The predicted octanol–water partition coefficient (Wildman–Crippen LogP) is 5.09. The van der Waals surface area contributed by atoms with Crippen molar-refractivity contribution < 1.29 is 27.9 Å². The molecule has 3 heterocycles. The molecule has 0 spiro atoms. The minimum atomic E-state index is -2.91. The van der Waals surface area contributed by atoms with Gasteiger partial charge >= 0.3 is 0 Å². The van der Waals surface area contributed by atoms with E-state index in [0.29, 0.717) is 49.0 Å². The van der Waals surface area contributed by atoms with Crippen LogP contribution in [0.5, 0.6) is 0 Å². The summed E-state index contributed by atoms with van der Waals surface area (Å²) in [5.41, 5.74) is -1.12. The van der Waals surface area contributed by atoms with Gasteiger partial charge in [-0.15, -0.1) is 0 Å². The van der Waals surface area contributed by atoms with E-state index in [-0.39, 0.29) is 28.2 Å². The minimum Gasteiger partial charge on any atom is -0.370 e. The summed E-state index contributed by atoms with van der Waals surface area (Å²) in [6.07, 6.45) is 1.64. The van der Waals surface area contributed by atoms with E-state index < -0.39 is 35.4 Å². The quantitative estimate of drug-likeness (QED) is 0.440. The number of aliphatic hydroxyl groups is 1. The number of benzene rings is 1. The Balaban J connectivity index is 1.29. The van der Waals surface area contributed by atoms with Gasteiger partial charge in [0.1, 0.15) is 11.5 Å². The first-order chi connectivity index (χ1) is 18.6. The molecule has 3 aromatic rings. The molecule has 2 aromatic heterocycles. The molecule has 11 heteroatoms. The number of fused-ring (bicyclic) bond motifs is 1. The summed E-state index contributed by atoms with van der Waals surface area (Å²) in [4.78, 5) is 35.6. The van der Waals surface area contributed by atoms with Crippen LogP contribution in [0.2, 0.25) is 5.02 Å². The second-order valence-electron chi connectivity index (χ2n) is 10.0. The van der Waals surface area contributed by atoms with E-state index in [9.17, 15) is 27.9 Å². The number of hydrogen-bond donors (Lipinski definition) is 2. The lowest BCUT2D eigenvalue weighted by Gasteiger charge is -2.32. The number of amides is 2. The zero-order valence-corrected chi connectivity index (χ0v) is 21.8. The fourth-order valence-electron chi connectivity index (χ4n) is 5.58. The minimum absolute atomic E-state index is 0.0528. The van der Waals surface area contributed by atoms with Crippen molar-refractivity contribution in [3.63, 3.8) is 0 Å². The van der Waals surface area contributed by atoms with Crippen molar-refractivity contribution in [2.45, 2.75) is 50.7 Å². The number of alkyl halides is 2. The summed E-state index contributed by atoms with van der Waals surface area (Å²) in [6, 6.07) is 8.81. The first-order valence-corrected chi connectivity index (χ1v) is 13.0. The summed E-state index contributed by atoms with van der Waals surface area (Å²) in [5, 5.41) is 14.6. The predicted molar refractivity (Wildman–Crippen MR) is 138 cm³/mol. The van der Waals surface area contributed by atoms with Crippen LogP contribution >= 0.6 is 11.6 Å². The summed E-state index contributed by atoms with van der Waals surface area (Å²) in [6.45, 7) is 2.14. The lowest BCUT2D eigenvalue weighted by atomic mass is 9.85. The Morgan fingerprint density at radius 3 is 2.59 bits per heavy atom. The molecule has 1 aliphatic carbocycles. The molecule has 2 amide bonds. The molecule has 0 radical (unpaired) electrons. The number of carbonyl (C=O) groups is 2. The van der Waals surface area contributed by atoms with Crippen molar-refractivity contribution in [3.8, 4) is 0 Å². The van der Waals surface area contributed by atoms with Crippen molar-refractivity contribution in [3.05, 3.63) is 87.7 Å². The maximum absolute atomic E-state index is 13.7. The van der Waals surface area contributed by atoms with Crippen LogP contribution in [0.4, 0.5) is 18.9 Å². The van der Waals surface area contributed by atoms with Gasteiger partial charge in [0.25, 0.3) is 18.2 Å². The summed E-state index contributed by atoms with van der Waals surface area (Å²) >= 11 is 5.87. The number of anilines is 1. The Labute approximate surface area is 228 Å². The number of nitrogens with zero attached hydrogens (tertiary/aromatic N) is 3. The summed E-state index contributed by atoms with van der Waals surface area (Å²) < 4.78 is 40.2. The topological polar surface area (TPSA) is 95.4 Å². The largest absolute Gasteiger partial charge is 0.370 e. The van der Waals surface area contributed by atoms with Crippen LogP contribution < -0.4 is 10.2 Å². The zero-order chi connectivity index (χ0) is 27.9. The fourth-order valence-corrected chi connectivity index (χ4v) is 5.74. The van der Waals surface area contributed by atoms with Gasteiger partial charge in [-0.25, -0.2) is 13.2 Å². The third-order valence-corrected chi connectivity index (χ3v) is 7.72. The van der Waals surface area contributed by atoms with Gasteiger partial charge in [-0.05, 0) is 68.4 Å². The second kappa shape index (κ2) is 10.6. The molecule has 1 aromatic carbocycles. The highest BCUT2D eigenvalue weighted by Gasteiger charge is 2.53. The molecular weight excluding hydrogens is 533 g/mol. The molecule has 2 aliphatic rings. The van der Waals surface area contributed by atoms with Crippen LogP contribution in [0.3, 0.4) is 0 Å². The van der Waals surface area contributed by atoms with Crippen molar-refractivity contribution >= 4 is 29.1 Å². The fraction of sp³-hybridized carbons (Fsp3) is 0.357. The van der Waals surface area contributed by atoms with E-state index in [2.05, 4.69) is 15.3 Å². The Bertz CT molecular complexity index is 1410. The maximum Gasteiger partial charge on any atom is 0.281 e. The molecule has 1 unspecified atom stereocenters. The van der Waals surface area contributed by atoms with Gasteiger partial charge in [-0.3, -0.25) is 19.6 Å². The average Bonchev–Trinajstić information content (AvgIpc) is 3.13. The monoisotopic (exact) mass is 558 g/mol. The average molecular weight is 559 g/mol. The number of nitrogens with one attached hydrogen (secondary N) is 1. The van der Waals surface area contributed by atoms with E-state index in [1.807, 2.05) is 6.07 Å². The van der Waals surface area contributed by atoms with E-state index in [0.717, 1.165) is 18.5 Å². The number of pyridine rings is 2. The van der Waals surface area contributed by atoms with Crippen molar-refractivity contribution in [2.75, 3.05) is 11.4 Å². The number of halogens is 4. The van der Waals surface area contributed by atoms with Crippen molar-refractivity contribution in [1.82, 2.24) is 15.3 Å². The van der Waals surface area contributed by atoms with Crippen LogP contribution in [-0.2, 0) is 10.4 Å². The second-order valence-corrected chi connectivity index (χ2v) is 10.5. The highest BCUT2D eigenvalue weighted by Crippen LogP contribution is 2.46. The zero-order valence-electron chi connectivity index (χ0n) is 21.0. The highest BCUT2D eigenvalue weighted by molar-refractivity contribution is 6.30. The molecule has 1 fully saturated rings. The van der Waals surface area contributed by atoms with Crippen LogP contribution in [0, 0.1) is 18.7 Å². The first kappa shape index (κ1) is 27.1. The Hall–Kier alpha value is -3.50. The lowest BCUT2D eigenvalue weighted by molar-refractivity contribution is -0.132. The summed E-state index contributed by atoms with van der Waals surface area (Å²) in [7, 11) is 0. The van der Waals surface area contributed by atoms with Gasteiger partial charge in [0.05, 0.1) is 28.2 Å². The summed E-state index contributed by atoms with van der Waals surface area (Å²) in [5.74, 6) is -1.70. The van der Waals surface area contributed by atoms with Gasteiger partial charge in [0.2, 0.25) is 5.60 Å². The van der Waals surface area contributed by atoms with Gasteiger partial charge < -0.3 is 15.3 Å². The number of carbonyl (C=O) groups excluding carboxylic acids is 2. The SMILES string of the molecule is Cc1cccc2c1C(O)(c1ccc(F)cn1)C(=O)N2CC1CCC(NC(=O)c2cc(Cl)cnc2C(F)F)CC1. The molecule has 1 saturated carbocycles. The molecular formula is C28H26ClF3N4O3. The molecule has 1 atom stereocenters. The molecule has 7 nitrogen and oxygen atoms in total. The number of aromatic nitrogens is 2. The maximum atomic E-state index is 13.7. The van der Waals surface area contributed by atoms with Gasteiger partial charge in [-0.2, -0.15) is 0 Å². The van der Waals surface area contributed by atoms with Crippen LogP contribution in [-0.4, -0.2) is 39.5 Å². The third-order valence-electron chi connectivity index (χ3n) is 7.52. The number of aryl methyl sites for hydroxylation is 1. The smallest absolute Gasteiger partial charge is 0.281 e. The Kier molecular flexibility index (Phi) is 7.35. The number of hydrogen-bond acceptors (Lipinski definition) is 5.